The topological polar surface area (TPSA) is 13.1 Å². The number of rotatable bonds is 2. The molecule has 1 unspecified atom stereocenters. The van der Waals surface area contributed by atoms with E-state index in [0.717, 1.165) is 17.1 Å². The Morgan fingerprint density at radius 2 is 1.70 bits per heavy atom. The molecule has 1 saturated carbocycles. The summed E-state index contributed by atoms with van der Waals surface area (Å²) in [7, 11) is 0. The van der Waals surface area contributed by atoms with Crippen molar-refractivity contribution in [3.8, 4) is 0 Å². The zero-order valence-electron chi connectivity index (χ0n) is 11.3. The van der Waals surface area contributed by atoms with Crippen LogP contribution in [0.1, 0.15) is 36.1 Å². The summed E-state index contributed by atoms with van der Waals surface area (Å²) in [6, 6.07) is 14.9. The first kappa shape index (κ1) is 12.5. The van der Waals surface area contributed by atoms with Gasteiger partial charge in [-0.25, -0.2) is 0 Å². The molecule has 0 amide bonds. The van der Waals surface area contributed by atoms with Crippen LogP contribution < -0.4 is 0 Å². The molecule has 2 heteroatoms. The van der Waals surface area contributed by atoms with Crippen LogP contribution in [0.4, 0.5) is 0 Å². The molecule has 2 aromatic carbocycles. The van der Waals surface area contributed by atoms with Crippen molar-refractivity contribution in [2.45, 2.75) is 30.5 Å². The molecule has 3 aromatic rings. The Morgan fingerprint density at radius 3 is 2.55 bits per heavy atom. The van der Waals surface area contributed by atoms with Crippen molar-refractivity contribution in [3.05, 3.63) is 48.0 Å². The van der Waals surface area contributed by atoms with Gasteiger partial charge in [0.05, 0.1) is 0 Å². The number of para-hydroxylation sites is 1. The second kappa shape index (κ2) is 4.92. The van der Waals surface area contributed by atoms with E-state index in [2.05, 4.69) is 46.3 Å². The van der Waals surface area contributed by atoms with Gasteiger partial charge >= 0.3 is 0 Å². The first-order chi connectivity index (χ1) is 9.83. The van der Waals surface area contributed by atoms with E-state index in [0.29, 0.717) is 4.83 Å². The van der Waals surface area contributed by atoms with Gasteiger partial charge in [0.2, 0.25) is 0 Å². The van der Waals surface area contributed by atoms with E-state index in [9.17, 15) is 0 Å². The fourth-order valence-corrected chi connectivity index (χ4v) is 4.25. The lowest BCUT2D eigenvalue weighted by Crippen LogP contribution is -2.02. The van der Waals surface area contributed by atoms with Crippen LogP contribution in [0.2, 0.25) is 0 Å². The van der Waals surface area contributed by atoms with Crippen molar-refractivity contribution >= 4 is 37.9 Å². The van der Waals surface area contributed by atoms with Gasteiger partial charge in [-0.3, -0.25) is 0 Å². The van der Waals surface area contributed by atoms with E-state index in [1.165, 1.54) is 42.0 Å². The van der Waals surface area contributed by atoms with Gasteiger partial charge in [-0.15, -0.1) is 0 Å². The molecule has 102 valence electrons. The molecule has 20 heavy (non-hydrogen) atoms. The SMILES string of the molecule is BrC(c1ccc2oc3ccccc3c2c1)C1CCCC1. The van der Waals surface area contributed by atoms with Crippen molar-refractivity contribution in [1.82, 2.24) is 0 Å². The van der Waals surface area contributed by atoms with Crippen LogP contribution >= 0.6 is 15.9 Å². The Bertz CT molecular complexity index is 752. The molecule has 1 atom stereocenters. The molecule has 1 nitrogen and oxygen atoms in total. The van der Waals surface area contributed by atoms with Gasteiger partial charge in [0.25, 0.3) is 0 Å². The van der Waals surface area contributed by atoms with Crippen LogP contribution in [0.15, 0.2) is 46.9 Å². The summed E-state index contributed by atoms with van der Waals surface area (Å²) in [4.78, 5) is 0.475. The fraction of sp³-hybridized carbons (Fsp3) is 0.333. The molecule has 0 aliphatic heterocycles. The van der Waals surface area contributed by atoms with Gasteiger partial charge in [-0.2, -0.15) is 0 Å². The first-order valence-corrected chi connectivity index (χ1v) is 8.30. The number of fused-ring (bicyclic) bond motifs is 3. The van der Waals surface area contributed by atoms with Crippen LogP contribution in [0.5, 0.6) is 0 Å². The summed E-state index contributed by atoms with van der Waals surface area (Å²) in [5, 5.41) is 2.45. The highest BCUT2D eigenvalue weighted by atomic mass is 79.9. The summed E-state index contributed by atoms with van der Waals surface area (Å²) in [6.45, 7) is 0. The molecule has 4 rings (SSSR count). The zero-order chi connectivity index (χ0) is 13.5. The number of hydrogen-bond acceptors (Lipinski definition) is 1. The second-order valence-electron chi connectivity index (χ2n) is 5.80. The molecule has 1 heterocycles. The van der Waals surface area contributed by atoms with Gasteiger partial charge in [-0.05, 0) is 42.5 Å². The molecule has 0 N–H and O–H groups in total. The Hall–Kier alpha value is -1.28. The van der Waals surface area contributed by atoms with Gasteiger partial charge in [0.1, 0.15) is 11.2 Å². The van der Waals surface area contributed by atoms with E-state index in [1.807, 2.05) is 12.1 Å². The predicted octanol–water partition coefficient (Wildman–Crippen LogP) is 6.21. The van der Waals surface area contributed by atoms with Crippen molar-refractivity contribution < 1.29 is 4.42 Å². The average molecular weight is 329 g/mol. The van der Waals surface area contributed by atoms with Crippen LogP contribution in [-0.4, -0.2) is 0 Å². The summed E-state index contributed by atoms with van der Waals surface area (Å²) in [5.74, 6) is 0.783. The molecular weight excluding hydrogens is 312 g/mol. The Labute approximate surface area is 127 Å². The van der Waals surface area contributed by atoms with E-state index < -0.39 is 0 Å². The van der Waals surface area contributed by atoms with Crippen molar-refractivity contribution in [2.75, 3.05) is 0 Å². The highest BCUT2D eigenvalue weighted by Gasteiger charge is 2.24. The van der Waals surface area contributed by atoms with E-state index >= 15 is 0 Å². The van der Waals surface area contributed by atoms with Gasteiger partial charge < -0.3 is 4.42 Å². The van der Waals surface area contributed by atoms with Gasteiger partial charge in [0, 0.05) is 15.6 Å². The lowest BCUT2D eigenvalue weighted by molar-refractivity contribution is 0.542. The van der Waals surface area contributed by atoms with Crippen LogP contribution in [-0.2, 0) is 0 Å². The van der Waals surface area contributed by atoms with Crippen LogP contribution in [0.3, 0.4) is 0 Å². The molecular formula is C18H17BrO. The molecule has 0 radical (unpaired) electrons. The quantitative estimate of drug-likeness (QED) is 0.509. The average Bonchev–Trinajstić information content (AvgIpc) is 3.13. The normalized spacial score (nSPS) is 18.1. The number of benzene rings is 2. The van der Waals surface area contributed by atoms with E-state index in [4.69, 9.17) is 4.42 Å². The monoisotopic (exact) mass is 328 g/mol. The summed E-state index contributed by atoms with van der Waals surface area (Å²) in [5.41, 5.74) is 3.35. The minimum atomic E-state index is 0.475. The van der Waals surface area contributed by atoms with Crippen molar-refractivity contribution in [1.29, 1.82) is 0 Å². The molecule has 0 saturated heterocycles. The van der Waals surface area contributed by atoms with Gasteiger partial charge in [-0.1, -0.05) is 53.0 Å². The Balaban J connectivity index is 1.82. The largest absolute Gasteiger partial charge is 0.456 e. The predicted molar refractivity (Wildman–Crippen MR) is 87.3 cm³/mol. The Kier molecular flexibility index (Phi) is 3.07. The minimum Gasteiger partial charge on any atom is -0.456 e. The van der Waals surface area contributed by atoms with Crippen molar-refractivity contribution in [2.24, 2.45) is 5.92 Å². The number of halogens is 1. The highest BCUT2D eigenvalue weighted by Crippen LogP contribution is 2.42. The van der Waals surface area contributed by atoms with E-state index in [-0.39, 0.29) is 0 Å². The standard InChI is InChI=1S/C18H17BrO/c19-18(12-5-1-2-6-12)13-9-10-17-15(11-13)14-7-3-4-8-16(14)20-17/h3-4,7-12,18H,1-2,5-6H2. The summed E-state index contributed by atoms with van der Waals surface area (Å²) in [6.07, 6.45) is 5.45. The maximum atomic E-state index is 5.90. The molecule has 1 aliphatic rings. The third kappa shape index (κ3) is 1.98. The lowest BCUT2D eigenvalue weighted by Gasteiger charge is -2.17. The molecule has 1 fully saturated rings. The molecule has 0 spiro atoms. The number of hydrogen-bond donors (Lipinski definition) is 0. The molecule has 1 aliphatic carbocycles. The van der Waals surface area contributed by atoms with Gasteiger partial charge in [0.15, 0.2) is 0 Å². The maximum Gasteiger partial charge on any atom is 0.135 e. The smallest absolute Gasteiger partial charge is 0.135 e. The highest BCUT2D eigenvalue weighted by molar-refractivity contribution is 9.09. The third-order valence-electron chi connectivity index (χ3n) is 4.53. The minimum absolute atomic E-state index is 0.475. The first-order valence-electron chi connectivity index (χ1n) is 7.38. The second-order valence-corrected chi connectivity index (χ2v) is 6.79. The fourth-order valence-electron chi connectivity index (χ4n) is 3.44. The maximum absolute atomic E-state index is 5.90. The van der Waals surface area contributed by atoms with Crippen LogP contribution in [0, 0.1) is 5.92 Å². The third-order valence-corrected chi connectivity index (χ3v) is 5.81. The van der Waals surface area contributed by atoms with E-state index in [1.54, 1.807) is 0 Å². The number of furan rings is 1. The summed E-state index contributed by atoms with van der Waals surface area (Å²) < 4.78 is 5.90. The van der Waals surface area contributed by atoms with Crippen LogP contribution in [0.25, 0.3) is 21.9 Å². The number of alkyl halides is 1. The zero-order valence-corrected chi connectivity index (χ0v) is 12.9. The molecule has 1 aromatic heterocycles. The lowest BCUT2D eigenvalue weighted by atomic mass is 9.96. The Morgan fingerprint density at radius 1 is 0.950 bits per heavy atom. The molecule has 0 bridgehead atoms. The van der Waals surface area contributed by atoms with Crippen molar-refractivity contribution in [3.63, 3.8) is 0 Å². The summed E-state index contributed by atoms with van der Waals surface area (Å²) >= 11 is 3.92.